The van der Waals surface area contributed by atoms with Crippen LogP contribution in [0.25, 0.3) is 11.6 Å². The van der Waals surface area contributed by atoms with Gasteiger partial charge in [-0.25, -0.2) is 9.97 Å². The van der Waals surface area contributed by atoms with E-state index in [4.69, 9.17) is 9.05 Å². The predicted octanol–water partition coefficient (Wildman–Crippen LogP) is 1.69. The number of aryl methyl sites for hydroxylation is 2. The number of rotatable bonds is 5. The zero-order chi connectivity index (χ0) is 18.1. The predicted molar refractivity (Wildman–Crippen MR) is 88.9 cm³/mol. The van der Waals surface area contributed by atoms with Gasteiger partial charge in [-0.05, 0) is 26.3 Å². The molecule has 0 radical (unpaired) electrons. The molecule has 3 aromatic rings. The summed E-state index contributed by atoms with van der Waals surface area (Å²) >= 11 is 0. The lowest BCUT2D eigenvalue weighted by atomic mass is 9.98. The molecular weight excluding hydrogens is 336 g/mol. The first-order valence-corrected chi connectivity index (χ1v) is 8.42. The summed E-state index contributed by atoms with van der Waals surface area (Å²) in [6.07, 6.45) is 4.32. The molecule has 9 heteroatoms. The lowest BCUT2D eigenvalue weighted by Gasteiger charge is -2.37. The van der Waals surface area contributed by atoms with Gasteiger partial charge in [-0.15, -0.1) is 0 Å². The van der Waals surface area contributed by atoms with E-state index in [9.17, 15) is 4.79 Å². The van der Waals surface area contributed by atoms with Crippen molar-refractivity contribution in [3.05, 3.63) is 41.4 Å². The molecule has 9 nitrogen and oxygen atoms in total. The van der Waals surface area contributed by atoms with Crippen LogP contribution in [0.4, 0.5) is 0 Å². The Balaban J connectivity index is 1.31. The van der Waals surface area contributed by atoms with Crippen molar-refractivity contribution in [1.29, 1.82) is 0 Å². The molecule has 0 aromatic carbocycles. The monoisotopic (exact) mass is 354 g/mol. The highest BCUT2D eigenvalue weighted by atomic mass is 16.5. The summed E-state index contributed by atoms with van der Waals surface area (Å²) in [5.41, 5.74) is 1.86. The molecule has 1 saturated heterocycles. The second-order valence-electron chi connectivity index (χ2n) is 6.33. The molecule has 0 N–H and O–H groups in total. The zero-order valence-electron chi connectivity index (χ0n) is 14.5. The Kier molecular flexibility index (Phi) is 4.19. The van der Waals surface area contributed by atoms with Crippen molar-refractivity contribution in [1.82, 2.24) is 30.2 Å². The molecular formula is C17H18N6O3. The van der Waals surface area contributed by atoms with E-state index >= 15 is 0 Å². The quantitative estimate of drug-likeness (QED) is 0.680. The summed E-state index contributed by atoms with van der Waals surface area (Å²) in [6, 6.07) is 1.72. The minimum Gasteiger partial charge on any atom is -0.361 e. The van der Waals surface area contributed by atoms with Gasteiger partial charge < -0.3 is 13.9 Å². The lowest BCUT2D eigenvalue weighted by Crippen LogP contribution is -2.48. The van der Waals surface area contributed by atoms with Crippen LogP contribution in [0.3, 0.4) is 0 Å². The fourth-order valence-corrected chi connectivity index (χ4v) is 2.99. The maximum absolute atomic E-state index is 12.3. The van der Waals surface area contributed by atoms with Gasteiger partial charge in [0.1, 0.15) is 5.76 Å². The van der Waals surface area contributed by atoms with Gasteiger partial charge in [-0.3, -0.25) is 4.79 Å². The van der Waals surface area contributed by atoms with Crippen LogP contribution in [0, 0.1) is 13.8 Å². The molecule has 0 spiro atoms. The second-order valence-corrected chi connectivity index (χ2v) is 6.33. The number of nitrogens with zero attached hydrogens (tertiary/aromatic N) is 6. The van der Waals surface area contributed by atoms with Crippen LogP contribution in [0.15, 0.2) is 27.5 Å². The van der Waals surface area contributed by atoms with Crippen LogP contribution in [0.1, 0.15) is 35.2 Å². The van der Waals surface area contributed by atoms with Crippen molar-refractivity contribution in [2.45, 2.75) is 32.6 Å². The van der Waals surface area contributed by atoms with Gasteiger partial charge in [0.2, 0.25) is 23.4 Å². The minimum absolute atomic E-state index is 0.0583. The molecule has 0 atom stereocenters. The van der Waals surface area contributed by atoms with Crippen molar-refractivity contribution in [2.75, 3.05) is 13.1 Å². The maximum atomic E-state index is 12.3. The number of likely N-dealkylation sites (tertiary alicyclic amines) is 1. The second kappa shape index (κ2) is 6.66. The Bertz CT molecular complexity index is 894. The van der Waals surface area contributed by atoms with Gasteiger partial charge in [0, 0.05) is 37.5 Å². The number of aromatic nitrogens is 5. The van der Waals surface area contributed by atoms with Crippen molar-refractivity contribution in [2.24, 2.45) is 0 Å². The van der Waals surface area contributed by atoms with Gasteiger partial charge in [0.05, 0.1) is 11.6 Å². The minimum atomic E-state index is 0.0583. The molecule has 1 aliphatic rings. The van der Waals surface area contributed by atoms with E-state index in [-0.39, 0.29) is 11.8 Å². The molecule has 4 heterocycles. The van der Waals surface area contributed by atoms with Crippen LogP contribution >= 0.6 is 0 Å². The molecule has 1 fully saturated rings. The Morgan fingerprint density at radius 2 is 1.92 bits per heavy atom. The lowest BCUT2D eigenvalue weighted by molar-refractivity contribution is -0.135. The molecule has 1 aliphatic heterocycles. The highest BCUT2D eigenvalue weighted by Crippen LogP contribution is 2.28. The van der Waals surface area contributed by atoms with Crippen LogP contribution in [0.2, 0.25) is 0 Å². The standard InChI is InChI=1S/C17H18N6O3/c1-10-13(11(2)25-21-10)4-5-14(24)23-8-12(9-23)17-20-16(22-26-17)15-18-6-3-7-19-15/h3,6-7,12H,4-5,8-9H2,1-2H3. The van der Waals surface area contributed by atoms with Crippen LogP contribution < -0.4 is 0 Å². The summed E-state index contributed by atoms with van der Waals surface area (Å²) in [5, 5.41) is 7.83. The van der Waals surface area contributed by atoms with Gasteiger partial charge in [0.15, 0.2) is 0 Å². The van der Waals surface area contributed by atoms with Gasteiger partial charge in [-0.2, -0.15) is 4.98 Å². The van der Waals surface area contributed by atoms with Crippen molar-refractivity contribution >= 4 is 5.91 Å². The average Bonchev–Trinajstić information content (AvgIpc) is 3.20. The number of carbonyl (C=O) groups excluding carboxylic acids is 1. The van der Waals surface area contributed by atoms with E-state index in [1.54, 1.807) is 23.4 Å². The molecule has 4 rings (SSSR count). The summed E-state index contributed by atoms with van der Waals surface area (Å²) in [5.74, 6) is 2.24. The Hall–Kier alpha value is -3.10. The van der Waals surface area contributed by atoms with Crippen molar-refractivity contribution in [3.8, 4) is 11.6 Å². The van der Waals surface area contributed by atoms with Gasteiger partial charge >= 0.3 is 0 Å². The highest BCUT2D eigenvalue weighted by molar-refractivity contribution is 5.77. The third kappa shape index (κ3) is 3.07. The van der Waals surface area contributed by atoms with E-state index in [0.29, 0.717) is 43.5 Å². The zero-order valence-corrected chi connectivity index (χ0v) is 14.5. The van der Waals surface area contributed by atoms with Crippen molar-refractivity contribution in [3.63, 3.8) is 0 Å². The van der Waals surface area contributed by atoms with Crippen LogP contribution in [-0.2, 0) is 11.2 Å². The largest absolute Gasteiger partial charge is 0.361 e. The topological polar surface area (TPSA) is 111 Å². The first kappa shape index (κ1) is 16.4. The van der Waals surface area contributed by atoms with Crippen LogP contribution in [-0.4, -0.2) is 49.2 Å². The Morgan fingerprint density at radius 1 is 1.15 bits per heavy atom. The van der Waals surface area contributed by atoms with Gasteiger partial charge in [-0.1, -0.05) is 10.3 Å². The molecule has 0 unspecified atom stereocenters. The molecule has 1 amide bonds. The fourth-order valence-electron chi connectivity index (χ4n) is 2.99. The van der Waals surface area contributed by atoms with E-state index in [1.807, 2.05) is 13.8 Å². The molecule has 0 saturated carbocycles. The summed E-state index contributed by atoms with van der Waals surface area (Å²) in [4.78, 5) is 26.7. The highest BCUT2D eigenvalue weighted by Gasteiger charge is 2.35. The van der Waals surface area contributed by atoms with E-state index in [0.717, 1.165) is 17.0 Å². The molecule has 0 bridgehead atoms. The third-order valence-corrected chi connectivity index (χ3v) is 4.56. The maximum Gasteiger partial charge on any atom is 0.240 e. The summed E-state index contributed by atoms with van der Waals surface area (Å²) in [6.45, 7) is 4.91. The fraction of sp³-hybridized carbons (Fsp3) is 0.412. The summed E-state index contributed by atoms with van der Waals surface area (Å²) < 4.78 is 10.4. The van der Waals surface area contributed by atoms with E-state index in [1.165, 1.54) is 0 Å². The van der Waals surface area contributed by atoms with Crippen LogP contribution in [0.5, 0.6) is 0 Å². The molecule has 134 valence electrons. The van der Waals surface area contributed by atoms with E-state index in [2.05, 4.69) is 25.3 Å². The smallest absolute Gasteiger partial charge is 0.240 e. The third-order valence-electron chi connectivity index (χ3n) is 4.56. The number of carbonyl (C=O) groups is 1. The van der Waals surface area contributed by atoms with E-state index < -0.39 is 0 Å². The summed E-state index contributed by atoms with van der Waals surface area (Å²) in [7, 11) is 0. The SMILES string of the molecule is Cc1noc(C)c1CCC(=O)N1CC(c2nc(-c3ncccn3)no2)C1. The first-order chi connectivity index (χ1) is 12.6. The number of hydrogen-bond acceptors (Lipinski definition) is 8. The van der Waals surface area contributed by atoms with Crippen molar-refractivity contribution < 1.29 is 13.8 Å². The molecule has 26 heavy (non-hydrogen) atoms. The Labute approximate surface area is 149 Å². The molecule has 0 aliphatic carbocycles. The Morgan fingerprint density at radius 3 is 2.62 bits per heavy atom. The average molecular weight is 354 g/mol. The first-order valence-electron chi connectivity index (χ1n) is 8.42. The normalized spacial score (nSPS) is 14.5. The van der Waals surface area contributed by atoms with Gasteiger partial charge in [0.25, 0.3) is 0 Å². The number of amides is 1. The molecule has 3 aromatic heterocycles. The number of hydrogen-bond donors (Lipinski definition) is 0.